The minimum Gasteiger partial charge on any atom is -0.492 e. The molecule has 3 rings (SSSR count). The number of ether oxygens (including phenoxy) is 1. The van der Waals surface area contributed by atoms with Crippen molar-refractivity contribution in [3.05, 3.63) is 89.4 Å². The number of amides is 1. The van der Waals surface area contributed by atoms with E-state index in [1.54, 1.807) is 30.3 Å². The molecular formula is C24H25ClN2O4S. The van der Waals surface area contributed by atoms with Crippen molar-refractivity contribution in [2.24, 2.45) is 0 Å². The molecule has 0 unspecified atom stereocenters. The lowest BCUT2D eigenvalue weighted by molar-refractivity contribution is -0.119. The first kappa shape index (κ1) is 23.6. The van der Waals surface area contributed by atoms with Gasteiger partial charge in [-0.3, -0.25) is 9.10 Å². The summed E-state index contributed by atoms with van der Waals surface area (Å²) in [5, 5.41) is 3.15. The zero-order chi connectivity index (χ0) is 23.0. The van der Waals surface area contributed by atoms with Gasteiger partial charge in [0.25, 0.3) is 10.0 Å². The summed E-state index contributed by atoms with van der Waals surface area (Å²) < 4.78 is 33.2. The maximum atomic E-state index is 13.2. The van der Waals surface area contributed by atoms with E-state index in [1.165, 1.54) is 29.8 Å². The molecular weight excluding hydrogens is 448 g/mol. The molecule has 0 atom stereocenters. The summed E-state index contributed by atoms with van der Waals surface area (Å²) in [5.41, 5.74) is 1.61. The Labute approximate surface area is 193 Å². The van der Waals surface area contributed by atoms with Gasteiger partial charge < -0.3 is 10.1 Å². The fourth-order valence-electron chi connectivity index (χ4n) is 3.01. The number of nitrogens with zero attached hydrogens (tertiary/aromatic N) is 1. The molecule has 0 saturated carbocycles. The van der Waals surface area contributed by atoms with Crippen molar-refractivity contribution < 1.29 is 17.9 Å². The van der Waals surface area contributed by atoms with Gasteiger partial charge >= 0.3 is 0 Å². The van der Waals surface area contributed by atoms with Crippen LogP contribution in [0.15, 0.2) is 83.8 Å². The van der Waals surface area contributed by atoms with Crippen molar-refractivity contribution in [1.82, 2.24) is 5.32 Å². The zero-order valence-corrected chi connectivity index (χ0v) is 19.3. The maximum absolute atomic E-state index is 13.2. The molecule has 8 heteroatoms. The number of carbonyl (C=O) groups is 1. The quantitative estimate of drug-likeness (QED) is 0.446. The fraction of sp³-hybridized carbons (Fsp3) is 0.208. The van der Waals surface area contributed by atoms with E-state index in [9.17, 15) is 13.2 Å². The molecule has 0 aromatic heterocycles. The van der Waals surface area contributed by atoms with Crippen LogP contribution in [0.2, 0.25) is 5.02 Å². The van der Waals surface area contributed by atoms with Gasteiger partial charge in [0.05, 0.1) is 17.1 Å². The van der Waals surface area contributed by atoms with Crippen molar-refractivity contribution in [1.29, 1.82) is 0 Å². The van der Waals surface area contributed by atoms with Crippen LogP contribution in [-0.2, 0) is 21.2 Å². The smallest absolute Gasteiger partial charge is 0.264 e. The largest absolute Gasteiger partial charge is 0.492 e. The Hall–Kier alpha value is -3.03. The Balaban J connectivity index is 1.64. The number of rotatable bonds is 10. The third-order valence-electron chi connectivity index (χ3n) is 4.76. The Kier molecular flexibility index (Phi) is 8.14. The maximum Gasteiger partial charge on any atom is 0.264 e. The van der Waals surface area contributed by atoms with E-state index in [0.717, 1.165) is 10.7 Å². The van der Waals surface area contributed by atoms with Crippen LogP contribution in [0.3, 0.4) is 0 Å². The second-order valence-corrected chi connectivity index (χ2v) is 9.30. The van der Waals surface area contributed by atoms with Gasteiger partial charge in [0, 0.05) is 5.02 Å². The molecule has 0 heterocycles. The molecule has 0 aliphatic carbocycles. The van der Waals surface area contributed by atoms with Crippen LogP contribution in [0.4, 0.5) is 5.69 Å². The van der Waals surface area contributed by atoms with Crippen molar-refractivity contribution in [3.63, 3.8) is 0 Å². The van der Waals surface area contributed by atoms with E-state index in [1.807, 2.05) is 24.3 Å². The minimum atomic E-state index is -3.96. The van der Waals surface area contributed by atoms with Crippen LogP contribution in [0.1, 0.15) is 12.5 Å². The van der Waals surface area contributed by atoms with E-state index >= 15 is 0 Å². The van der Waals surface area contributed by atoms with Crippen molar-refractivity contribution in [3.8, 4) is 5.75 Å². The van der Waals surface area contributed by atoms with Gasteiger partial charge in [-0.05, 0) is 60.5 Å². The highest BCUT2D eigenvalue weighted by Crippen LogP contribution is 2.24. The summed E-state index contributed by atoms with van der Waals surface area (Å²) in [6, 6.07) is 22.1. The summed E-state index contributed by atoms with van der Waals surface area (Å²) >= 11 is 5.89. The Bertz CT molecular complexity index is 1120. The van der Waals surface area contributed by atoms with Crippen LogP contribution in [0.25, 0.3) is 0 Å². The number of sulfonamides is 1. The van der Waals surface area contributed by atoms with Crippen LogP contribution < -0.4 is 14.4 Å². The van der Waals surface area contributed by atoms with Crippen molar-refractivity contribution in [2.75, 3.05) is 24.0 Å². The van der Waals surface area contributed by atoms with Crippen LogP contribution in [-0.4, -0.2) is 34.0 Å². The van der Waals surface area contributed by atoms with Crippen LogP contribution >= 0.6 is 11.6 Å². The van der Waals surface area contributed by atoms with Crippen LogP contribution in [0, 0.1) is 0 Å². The van der Waals surface area contributed by atoms with E-state index < -0.39 is 15.9 Å². The van der Waals surface area contributed by atoms with E-state index in [2.05, 4.69) is 12.2 Å². The fourth-order valence-corrected chi connectivity index (χ4v) is 4.56. The van der Waals surface area contributed by atoms with Gasteiger partial charge in [-0.1, -0.05) is 48.9 Å². The lowest BCUT2D eigenvalue weighted by Crippen LogP contribution is -2.41. The van der Waals surface area contributed by atoms with E-state index in [4.69, 9.17) is 16.3 Å². The molecule has 0 saturated heterocycles. The van der Waals surface area contributed by atoms with E-state index in [0.29, 0.717) is 16.5 Å². The molecule has 0 spiro atoms. The summed E-state index contributed by atoms with van der Waals surface area (Å²) in [5.74, 6) is 0.281. The van der Waals surface area contributed by atoms with Gasteiger partial charge in [0.15, 0.2) is 0 Å². The SMILES string of the molecule is CCc1ccc(OCCNC(=O)CN(c2ccccc2)S(=O)(=O)c2ccc(Cl)cc2)cc1. The third-order valence-corrected chi connectivity index (χ3v) is 6.80. The van der Waals surface area contributed by atoms with Gasteiger partial charge in [-0.15, -0.1) is 0 Å². The number of hydrogen-bond donors (Lipinski definition) is 1. The predicted octanol–water partition coefficient (Wildman–Crippen LogP) is 4.29. The number of para-hydroxylation sites is 1. The number of halogens is 1. The monoisotopic (exact) mass is 472 g/mol. The minimum absolute atomic E-state index is 0.0532. The first-order valence-electron chi connectivity index (χ1n) is 10.2. The lowest BCUT2D eigenvalue weighted by atomic mass is 10.2. The molecule has 1 N–H and O–H groups in total. The molecule has 168 valence electrons. The van der Waals surface area contributed by atoms with Crippen LogP contribution in [0.5, 0.6) is 5.75 Å². The van der Waals surface area contributed by atoms with Gasteiger partial charge in [0.2, 0.25) is 5.91 Å². The molecule has 0 bridgehead atoms. The van der Waals surface area contributed by atoms with Gasteiger partial charge in [0.1, 0.15) is 18.9 Å². The predicted molar refractivity (Wildman–Crippen MR) is 127 cm³/mol. The van der Waals surface area contributed by atoms with Crippen molar-refractivity contribution >= 4 is 33.2 Å². The topological polar surface area (TPSA) is 75.7 Å². The number of aryl methyl sites for hydroxylation is 1. The Morgan fingerprint density at radius 3 is 2.25 bits per heavy atom. The number of anilines is 1. The number of hydrogen-bond acceptors (Lipinski definition) is 4. The van der Waals surface area contributed by atoms with Gasteiger partial charge in [-0.2, -0.15) is 0 Å². The number of carbonyl (C=O) groups excluding carboxylic acids is 1. The Morgan fingerprint density at radius 2 is 1.62 bits per heavy atom. The second-order valence-electron chi connectivity index (χ2n) is 7.00. The average molecular weight is 473 g/mol. The standard InChI is InChI=1S/C24H25ClN2O4S/c1-2-19-8-12-22(13-9-19)31-17-16-26-24(28)18-27(21-6-4-3-5-7-21)32(29,30)23-14-10-20(25)11-15-23/h3-15H,2,16-18H2,1H3,(H,26,28). The molecule has 3 aromatic carbocycles. The average Bonchev–Trinajstić information content (AvgIpc) is 2.81. The second kappa shape index (κ2) is 11.0. The molecule has 1 amide bonds. The lowest BCUT2D eigenvalue weighted by Gasteiger charge is -2.24. The number of nitrogens with one attached hydrogen (secondary N) is 1. The summed E-state index contributed by atoms with van der Waals surface area (Å²) in [4.78, 5) is 12.6. The van der Waals surface area contributed by atoms with E-state index in [-0.39, 0.29) is 24.6 Å². The highest BCUT2D eigenvalue weighted by Gasteiger charge is 2.27. The molecule has 0 aliphatic heterocycles. The third kappa shape index (κ3) is 6.24. The van der Waals surface area contributed by atoms with Crippen molar-refractivity contribution in [2.45, 2.75) is 18.2 Å². The Morgan fingerprint density at radius 1 is 0.969 bits per heavy atom. The van der Waals surface area contributed by atoms with Gasteiger partial charge in [-0.25, -0.2) is 8.42 Å². The summed E-state index contributed by atoms with van der Waals surface area (Å²) in [7, 11) is -3.96. The first-order valence-corrected chi connectivity index (χ1v) is 12.0. The molecule has 0 aliphatic rings. The normalized spacial score (nSPS) is 11.1. The first-order chi connectivity index (χ1) is 15.4. The summed E-state index contributed by atoms with van der Waals surface area (Å²) in [6.45, 7) is 2.24. The molecule has 6 nitrogen and oxygen atoms in total. The highest BCUT2D eigenvalue weighted by atomic mass is 35.5. The molecule has 3 aromatic rings. The molecule has 0 radical (unpaired) electrons. The molecule has 32 heavy (non-hydrogen) atoms. The summed E-state index contributed by atoms with van der Waals surface area (Å²) in [6.07, 6.45) is 0.952. The highest BCUT2D eigenvalue weighted by molar-refractivity contribution is 7.92. The zero-order valence-electron chi connectivity index (χ0n) is 17.7. The molecule has 0 fully saturated rings. The number of benzene rings is 3.